The number of hydrogen-bond acceptors (Lipinski definition) is 5. The molecular weight excluding hydrogens is 432 g/mol. The molecule has 1 unspecified atom stereocenters. The van der Waals surface area contributed by atoms with Crippen molar-refractivity contribution in [3.8, 4) is 17.2 Å². The Morgan fingerprint density at radius 3 is 2.12 bits per heavy atom. The topological polar surface area (TPSA) is 85.9 Å². The Labute approximate surface area is 200 Å². The van der Waals surface area contributed by atoms with E-state index in [9.17, 15) is 9.59 Å². The summed E-state index contributed by atoms with van der Waals surface area (Å²) in [6, 6.07) is 21.7. The first kappa shape index (κ1) is 24.6. The molecule has 0 aliphatic heterocycles. The molecule has 0 spiro atoms. The van der Waals surface area contributed by atoms with Gasteiger partial charge in [-0.2, -0.15) is 0 Å². The Bertz CT molecular complexity index is 1080. The second-order valence-corrected chi connectivity index (χ2v) is 7.39. The molecule has 0 saturated heterocycles. The fraction of sp³-hybridized carbons (Fsp3) is 0.259. The van der Waals surface area contributed by atoms with Gasteiger partial charge in [-0.25, -0.2) is 0 Å². The number of ether oxygens (including phenoxy) is 3. The van der Waals surface area contributed by atoms with Gasteiger partial charge in [0.2, 0.25) is 5.91 Å². The quantitative estimate of drug-likeness (QED) is 0.448. The Morgan fingerprint density at radius 1 is 0.824 bits per heavy atom. The van der Waals surface area contributed by atoms with Crippen molar-refractivity contribution in [2.24, 2.45) is 0 Å². The van der Waals surface area contributed by atoms with Crippen molar-refractivity contribution < 1.29 is 23.8 Å². The SMILES string of the molecule is CCOc1ccc(C(=O)NCC(=O)NC(c2ccccc2)c2ccc(OC)cc2)cc1OCC. The number of rotatable bonds is 11. The molecule has 0 aromatic heterocycles. The molecule has 0 aliphatic carbocycles. The van der Waals surface area contributed by atoms with Gasteiger partial charge in [0.05, 0.1) is 32.9 Å². The van der Waals surface area contributed by atoms with Crippen LogP contribution in [-0.2, 0) is 4.79 Å². The molecule has 3 aromatic carbocycles. The van der Waals surface area contributed by atoms with Crippen LogP contribution < -0.4 is 24.8 Å². The van der Waals surface area contributed by atoms with Gasteiger partial charge in [0, 0.05) is 5.56 Å². The lowest BCUT2D eigenvalue weighted by Gasteiger charge is -2.20. The average Bonchev–Trinajstić information content (AvgIpc) is 2.87. The average molecular weight is 463 g/mol. The molecule has 34 heavy (non-hydrogen) atoms. The van der Waals surface area contributed by atoms with E-state index in [1.54, 1.807) is 25.3 Å². The van der Waals surface area contributed by atoms with Crippen molar-refractivity contribution in [1.29, 1.82) is 0 Å². The largest absolute Gasteiger partial charge is 0.497 e. The zero-order valence-electron chi connectivity index (χ0n) is 19.7. The molecule has 0 radical (unpaired) electrons. The van der Waals surface area contributed by atoms with Crippen LogP contribution in [0.5, 0.6) is 17.2 Å². The van der Waals surface area contributed by atoms with Crippen molar-refractivity contribution in [1.82, 2.24) is 10.6 Å². The minimum atomic E-state index is -0.375. The van der Waals surface area contributed by atoms with Gasteiger partial charge in [-0.3, -0.25) is 9.59 Å². The van der Waals surface area contributed by atoms with Crippen LogP contribution in [0, 0.1) is 0 Å². The molecule has 1 atom stereocenters. The zero-order valence-corrected chi connectivity index (χ0v) is 19.7. The first-order valence-corrected chi connectivity index (χ1v) is 11.2. The number of benzene rings is 3. The Balaban J connectivity index is 1.68. The van der Waals surface area contributed by atoms with Gasteiger partial charge in [-0.1, -0.05) is 42.5 Å². The van der Waals surface area contributed by atoms with Gasteiger partial charge >= 0.3 is 0 Å². The predicted octanol–water partition coefficient (Wildman–Crippen LogP) is 4.13. The molecule has 7 heteroatoms. The Kier molecular flexibility index (Phi) is 8.91. The number of hydrogen-bond donors (Lipinski definition) is 2. The van der Waals surface area contributed by atoms with E-state index in [1.165, 1.54) is 0 Å². The third-order valence-corrected chi connectivity index (χ3v) is 5.10. The van der Waals surface area contributed by atoms with Gasteiger partial charge in [-0.05, 0) is 55.3 Å². The normalized spacial score (nSPS) is 11.3. The van der Waals surface area contributed by atoms with E-state index in [2.05, 4.69) is 10.6 Å². The van der Waals surface area contributed by atoms with Crippen LogP contribution in [0.2, 0.25) is 0 Å². The second kappa shape index (κ2) is 12.3. The summed E-state index contributed by atoms with van der Waals surface area (Å²) < 4.78 is 16.4. The van der Waals surface area contributed by atoms with Crippen LogP contribution in [0.1, 0.15) is 41.4 Å². The molecule has 178 valence electrons. The molecule has 7 nitrogen and oxygen atoms in total. The minimum Gasteiger partial charge on any atom is -0.497 e. The van der Waals surface area contributed by atoms with Crippen LogP contribution in [0.4, 0.5) is 0 Å². The van der Waals surface area contributed by atoms with E-state index in [-0.39, 0.29) is 24.4 Å². The van der Waals surface area contributed by atoms with Crippen LogP contribution in [0.15, 0.2) is 72.8 Å². The molecule has 2 N–H and O–H groups in total. The van der Waals surface area contributed by atoms with Crippen molar-refractivity contribution in [3.05, 3.63) is 89.5 Å². The van der Waals surface area contributed by atoms with Crippen LogP contribution >= 0.6 is 0 Å². The van der Waals surface area contributed by atoms with Gasteiger partial charge in [-0.15, -0.1) is 0 Å². The number of methoxy groups -OCH3 is 1. The summed E-state index contributed by atoms with van der Waals surface area (Å²) >= 11 is 0. The summed E-state index contributed by atoms with van der Waals surface area (Å²) in [5.41, 5.74) is 2.22. The van der Waals surface area contributed by atoms with Crippen LogP contribution in [0.25, 0.3) is 0 Å². The van der Waals surface area contributed by atoms with Gasteiger partial charge in [0.1, 0.15) is 5.75 Å². The Morgan fingerprint density at radius 2 is 1.47 bits per heavy atom. The van der Waals surface area contributed by atoms with Gasteiger partial charge < -0.3 is 24.8 Å². The fourth-order valence-electron chi connectivity index (χ4n) is 3.47. The van der Waals surface area contributed by atoms with Crippen molar-refractivity contribution in [2.75, 3.05) is 26.9 Å². The molecule has 0 fully saturated rings. The summed E-state index contributed by atoms with van der Waals surface area (Å²) in [7, 11) is 1.61. The minimum absolute atomic E-state index is 0.171. The number of amides is 2. The van der Waals surface area contributed by atoms with Crippen LogP contribution in [-0.4, -0.2) is 38.7 Å². The molecule has 0 saturated carbocycles. The maximum absolute atomic E-state index is 12.8. The van der Waals surface area contributed by atoms with E-state index in [0.29, 0.717) is 30.3 Å². The molecule has 2 amide bonds. The van der Waals surface area contributed by atoms with Gasteiger partial charge in [0.25, 0.3) is 5.91 Å². The summed E-state index contributed by atoms with van der Waals surface area (Å²) in [6.07, 6.45) is 0. The highest BCUT2D eigenvalue weighted by molar-refractivity contribution is 5.97. The molecule has 0 bridgehead atoms. The van der Waals surface area contributed by atoms with Crippen molar-refractivity contribution in [2.45, 2.75) is 19.9 Å². The fourth-order valence-corrected chi connectivity index (χ4v) is 3.47. The number of carbonyl (C=O) groups is 2. The molecular formula is C27H30N2O5. The maximum atomic E-state index is 12.8. The lowest BCUT2D eigenvalue weighted by atomic mass is 9.98. The summed E-state index contributed by atoms with van der Waals surface area (Å²) in [5, 5.41) is 5.69. The molecule has 3 aromatic rings. The molecule has 3 rings (SSSR count). The Hall–Kier alpha value is -4.00. The van der Waals surface area contributed by atoms with E-state index < -0.39 is 0 Å². The molecule has 0 heterocycles. The third kappa shape index (κ3) is 6.51. The highest BCUT2D eigenvalue weighted by Crippen LogP contribution is 2.28. The smallest absolute Gasteiger partial charge is 0.251 e. The number of nitrogens with one attached hydrogen (secondary N) is 2. The van der Waals surface area contributed by atoms with Crippen molar-refractivity contribution >= 4 is 11.8 Å². The molecule has 0 aliphatic rings. The summed E-state index contributed by atoms with van der Waals surface area (Å²) in [6.45, 7) is 4.50. The first-order chi connectivity index (χ1) is 16.5. The monoisotopic (exact) mass is 462 g/mol. The lowest BCUT2D eigenvalue weighted by Crippen LogP contribution is -2.39. The standard InChI is InChI=1S/C27H30N2O5/c1-4-33-23-16-13-21(17-24(23)34-5-2)27(31)28-18-25(30)29-26(19-9-7-6-8-10-19)20-11-14-22(32-3)15-12-20/h6-17,26H,4-5,18H2,1-3H3,(H,28,31)(H,29,30). The zero-order chi connectivity index (χ0) is 24.3. The first-order valence-electron chi connectivity index (χ1n) is 11.2. The van der Waals surface area contributed by atoms with Gasteiger partial charge in [0.15, 0.2) is 11.5 Å². The lowest BCUT2D eigenvalue weighted by molar-refractivity contribution is -0.120. The van der Waals surface area contributed by atoms with E-state index >= 15 is 0 Å². The van der Waals surface area contributed by atoms with E-state index in [4.69, 9.17) is 14.2 Å². The van der Waals surface area contributed by atoms with E-state index in [1.807, 2.05) is 68.4 Å². The van der Waals surface area contributed by atoms with Crippen LogP contribution in [0.3, 0.4) is 0 Å². The maximum Gasteiger partial charge on any atom is 0.251 e. The summed E-state index contributed by atoms with van der Waals surface area (Å²) in [4.78, 5) is 25.4. The highest BCUT2D eigenvalue weighted by atomic mass is 16.5. The summed E-state index contributed by atoms with van der Waals surface area (Å²) in [5.74, 6) is 1.11. The number of carbonyl (C=O) groups excluding carboxylic acids is 2. The highest BCUT2D eigenvalue weighted by Gasteiger charge is 2.18. The predicted molar refractivity (Wildman–Crippen MR) is 131 cm³/mol. The van der Waals surface area contributed by atoms with Crippen molar-refractivity contribution in [3.63, 3.8) is 0 Å². The third-order valence-electron chi connectivity index (χ3n) is 5.10. The van der Waals surface area contributed by atoms with E-state index in [0.717, 1.165) is 16.9 Å². The second-order valence-electron chi connectivity index (χ2n) is 7.39.